The Morgan fingerprint density at radius 3 is 2.14 bits per heavy atom. The van der Waals surface area contributed by atoms with Crippen molar-refractivity contribution in [1.82, 2.24) is 0 Å². The number of carbonyl (C=O) groups is 1. The minimum Gasteiger partial charge on any atom is -0.289 e. The molecule has 1 aliphatic rings. The predicted molar refractivity (Wildman–Crippen MR) is 117 cm³/mol. The molecule has 1 nitrogen and oxygen atoms in total. The van der Waals surface area contributed by atoms with Crippen LogP contribution in [-0.4, -0.2) is 5.78 Å². The number of ketones is 1. The first-order valence-electron chi connectivity index (χ1n) is 10.5. The lowest BCUT2D eigenvalue weighted by atomic mass is 9.71. The van der Waals surface area contributed by atoms with Gasteiger partial charge >= 0.3 is 0 Å². The van der Waals surface area contributed by atoms with Crippen LogP contribution in [0.5, 0.6) is 0 Å². The maximum Gasteiger partial charge on any atom is 0.193 e. The van der Waals surface area contributed by atoms with E-state index in [4.69, 9.17) is 0 Å². The Bertz CT molecular complexity index is 1020. The highest BCUT2D eigenvalue weighted by molar-refractivity contribution is 6.10. The summed E-state index contributed by atoms with van der Waals surface area (Å²) in [6.45, 7) is 6.54. The molecule has 0 spiro atoms. The van der Waals surface area contributed by atoms with E-state index >= 15 is 0 Å². The first-order valence-corrected chi connectivity index (χ1v) is 10.5. The second-order valence-electron chi connectivity index (χ2n) is 8.03. The van der Waals surface area contributed by atoms with Crippen LogP contribution in [0.4, 0.5) is 0 Å². The van der Waals surface area contributed by atoms with Crippen molar-refractivity contribution in [3.05, 3.63) is 94.5 Å². The molecular weight excluding hydrogens is 340 g/mol. The Kier molecular flexibility index (Phi) is 4.93. The van der Waals surface area contributed by atoms with Crippen LogP contribution in [-0.2, 0) is 5.41 Å². The van der Waals surface area contributed by atoms with Gasteiger partial charge in [-0.15, -0.1) is 0 Å². The van der Waals surface area contributed by atoms with Gasteiger partial charge in [0.1, 0.15) is 0 Å². The minimum absolute atomic E-state index is 0.0252. The molecule has 0 saturated heterocycles. The second-order valence-corrected chi connectivity index (χ2v) is 8.03. The molecule has 0 fully saturated rings. The van der Waals surface area contributed by atoms with Crippen LogP contribution in [0.2, 0.25) is 0 Å². The third-order valence-electron chi connectivity index (χ3n) is 6.27. The van der Waals surface area contributed by atoms with E-state index in [1.54, 1.807) is 0 Å². The average Bonchev–Trinajstić information content (AvgIpc) is 2.98. The summed E-state index contributed by atoms with van der Waals surface area (Å²) in [6.07, 6.45) is 4.49. The predicted octanol–water partition coefficient (Wildman–Crippen LogP) is 7.09. The van der Waals surface area contributed by atoms with E-state index in [0.717, 1.165) is 42.4 Å². The number of aryl methyl sites for hydroxylation is 1. The van der Waals surface area contributed by atoms with Crippen LogP contribution in [0, 0.1) is 6.92 Å². The van der Waals surface area contributed by atoms with Crippen LogP contribution in [0.15, 0.2) is 66.7 Å². The molecular formula is C27H28O. The van der Waals surface area contributed by atoms with Crippen molar-refractivity contribution in [1.29, 1.82) is 0 Å². The highest BCUT2D eigenvalue weighted by Gasteiger charge is 2.41. The lowest BCUT2D eigenvalue weighted by Crippen LogP contribution is -2.25. The Hall–Kier alpha value is -2.67. The summed E-state index contributed by atoms with van der Waals surface area (Å²) in [5.41, 5.74) is 8.09. The first-order chi connectivity index (χ1) is 13.6. The van der Waals surface area contributed by atoms with Crippen LogP contribution >= 0.6 is 0 Å². The molecule has 0 bridgehead atoms. The van der Waals surface area contributed by atoms with Crippen molar-refractivity contribution >= 4 is 5.78 Å². The lowest BCUT2D eigenvalue weighted by Gasteiger charge is -2.32. The van der Waals surface area contributed by atoms with E-state index in [1.165, 1.54) is 22.3 Å². The zero-order valence-electron chi connectivity index (χ0n) is 17.1. The van der Waals surface area contributed by atoms with Crippen LogP contribution in [0.1, 0.15) is 72.1 Å². The zero-order valence-corrected chi connectivity index (χ0v) is 17.1. The molecule has 1 aliphatic carbocycles. The number of hydrogen-bond acceptors (Lipinski definition) is 1. The molecule has 0 amide bonds. The molecule has 3 aromatic carbocycles. The third-order valence-corrected chi connectivity index (χ3v) is 6.27. The third kappa shape index (κ3) is 2.81. The number of rotatable bonds is 6. The standard InChI is InChI=1S/C27H28O/c1-4-16-27(17-5-2)24-13-9-8-12-22(24)23-15-14-20(18-25(23)27)26(28)21-11-7-6-10-19(21)3/h6-15,18H,4-5,16-17H2,1-3H3. The number of fused-ring (bicyclic) bond motifs is 3. The molecule has 0 aromatic heterocycles. The van der Waals surface area contributed by atoms with Gasteiger partial charge in [0.25, 0.3) is 0 Å². The largest absolute Gasteiger partial charge is 0.289 e. The SMILES string of the molecule is CCCC1(CCC)c2ccccc2-c2ccc(C(=O)c3ccccc3C)cc21. The van der Waals surface area contributed by atoms with Gasteiger partial charge in [-0.25, -0.2) is 0 Å². The van der Waals surface area contributed by atoms with Crippen LogP contribution in [0.3, 0.4) is 0 Å². The van der Waals surface area contributed by atoms with E-state index < -0.39 is 0 Å². The number of hydrogen-bond donors (Lipinski definition) is 0. The van der Waals surface area contributed by atoms with Gasteiger partial charge in [0.05, 0.1) is 0 Å². The fourth-order valence-electron chi connectivity index (χ4n) is 5.10. The highest BCUT2D eigenvalue weighted by Crippen LogP contribution is 2.53. The molecule has 0 N–H and O–H groups in total. The maximum absolute atomic E-state index is 13.3. The molecule has 0 unspecified atom stereocenters. The normalized spacial score (nSPS) is 13.8. The molecule has 4 rings (SSSR count). The Morgan fingerprint density at radius 2 is 1.43 bits per heavy atom. The van der Waals surface area contributed by atoms with E-state index in [9.17, 15) is 4.79 Å². The number of carbonyl (C=O) groups excluding carboxylic acids is 1. The zero-order chi connectivity index (χ0) is 19.7. The summed E-state index contributed by atoms with van der Waals surface area (Å²) in [4.78, 5) is 13.3. The van der Waals surface area contributed by atoms with E-state index in [2.05, 4.69) is 50.2 Å². The smallest absolute Gasteiger partial charge is 0.193 e. The average molecular weight is 369 g/mol. The molecule has 28 heavy (non-hydrogen) atoms. The summed E-state index contributed by atoms with van der Waals surface area (Å²) in [6, 6.07) is 23.1. The van der Waals surface area contributed by atoms with Gasteiger partial charge in [-0.05, 0) is 53.6 Å². The quantitative estimate of drug-likeness (QED) is 0.424. The Labute approximate surface area is 168 Å². The summed E-state index contributed by atoms with van der Waals surface area (Å²) in [5, 5.41) is 0. The van der Waals surface area contributed by atoms with Crippen LogP contribution < -0.4 is 0 Å². The van der Waals surface area contributed by atoms with Gasteiger partial charge in [-0.1, -0.05) is 87.4 Å². The van der Waals surface area contributed by atoms with Crippen molar-refractivity contribution in [3.63, 3.8) is 0 Å². The molecule has 3 aromatic rings. The van der Waals surface area contributed by atoms with Crippen molar-refractivity contribution in [2.45, 2.75) is 51.9 Å². The Morgan fingerprint density at radius 1 is 0.786 bits per heavy atom. The van der Waals surface area contributed by atoms with E-state index in [1.807, 2.05) is 37.3 Å². The minimum atomic E-state index is 0.0252. The first kappa shape index (κ1) is 18.7. The molecule has 0 heterocycles. The van der Waals surface area contributed by atoms with Crippen molar-refractivity contribution in [2.75, 3.05) is 0 Å². The van der Waals surface area contributed by atoms with Crippen molar-refractivity contribution < 1.29 is 4.79 Å². The highest BCUT2D eigenvalue weighted by atomic mass is 16.1. The van der Waals surface area contributed by atoms with Gasteiger partial charge in [-0.3, -0.25) is 4.79 Å². The summed E-state index contributed by atoms with van der Waals surface area (Å²) < 4.78 is 0. The lowest BCUT2D eigenvalue weighted by molar-refractivity contribution is 0.103. The summed E-state index contributed by atoms with van der Waals surface area (Å²) in [7, 11) is 0. The second kappa shape index (κ2) is 7.39. The van der Waals surface area contributed by atoms with Gasteiger partial charge < -0.3 is 0 Å². The van der Waals surface area contributed by atoms with E-state index in [-0.39, 0.29) is 11.2 Å². The van der Waals surface area contributed by atoms with Gasteiger partial charge in [0.2, 0.25) is 0 Å². The Balaban J connectivity index is 1.89. The van der Waals surface area contributed by atoms with Gasteiger partial charge in [0, 0.05) is 16.5 Å². The molecule has 0 aliphatic heterocycles. The molecule has 0 atom stereocenters. The van der Waals surface area contributed by atoms with Gasteiger partial charge in [0.15, 0.2) is 5.78 Å². The van der Waals surface area contributed by atoms with Gasteiger partial charge in [-0.2, -0.15) is 0 Å². The maximum atomic E-state index is 13.3. The molecule has 1 heteroatoms. The fourth-order valence-corrected chi connectivity index (χ4v) is 5.10. The van der Waals surface area contributed by atoms with E-state index in [0.29, 0.717) is 0 Å². The summed E-state index contributed by atoms with van der Waals surface area (Å²) in [5.74, 6) is 0.124. The summed E-state index contributed by atoms with van der Waals surface area (Å²) >= 11 is 0. The van der Waals surface area contributed by atoms with Crippen molar-refractivity contribution in [2.24, 2.45) is 0 Å². The fraction of sp³-hybridized carbons (Fsp3) is 0.296. The molecule has 0 saturated carbocycles. The number of benzene rings is 3. The monoisotopic (exact) mass is 368 g/mol. The van der Waals surface area contributed by atoms with Crippen molar-refractivity contribution in [3.8, 4) is 11.1 Å². The van der Waals surface area contributed by atoms with Crippen LogP contribution in [0.25, 0.3) is 11.1 Å². The topological polar surface area (TPSA) is 17.1 Å². The molecule has 142 valence electrons. The molecule has 0 radical (unpaired) electrons.